The molecular formula is C9H18N4O2. The monoisotopic (exact) mass is 214 g/mol. The number of aryl methyl sites for hydroxylation is 1. The van der Waals surface area contributed by atoms with Gasteiger partial charge >= 0.3 is 0 Å². The fraction of sp³-hybridized carbons (Fsp3) is 0.778. The summed E-state index contributed by atoms with van der Waals surface area (Å²) in [7, 11) is 0. The zero-order valence-electron chi connectivity index (χ0n) is 8.93. The van der Waals surface area contributed by atoms with E-state index in [4.69, 9.17) is 10.2 Å². The number of hydrogen-bond acceptors (Lipinski definition) is 5. The van der Waals surface area contributed by atoms with Crippen LogP contribution in [0.4, 0.5) is 0 Å². The first-order chi connectivity index (χ1) is 7.26. The maximum Gasteiger partial charge on any atom is 0.0964 e. The normalized spacial score (nSPS) is 13.0. The lowest BCUT2D eigenvalue weighted by Crippen LogP contribution is -2.28. The average molecular weight is 214 g/mol. The minimum Gasteiger partial charge on any atom is -0.396 e. The van der Waals surface area contributed by atoms with E-state index in [0.29, 0.717) is 19.5 Å². The van der Waals surface area contributed by atoms with E-state index in [1.807, 2.05) is 13.1 Å². The second-order valence-corrected chi connectivity index (χ2v) is 3.51. The molecule has 0 radical (unpaired) electrons. The Bertz CT molecular complexity index is 277. The summed E-state index contributed by atoms with van der Waals surface area (Å²) in [5.41, 5.74) is 0.841. The van der Waals surface area contributed by atoms with E-state index < -0.39 is 0 Å². The van der Waals surface area contributed by atoms with Crippen LogP contribution in [0, 0.1) is 0 Å². The minimum atomic E-state index is 0.0626. The van der Waals surface area contributed by atoms with Gasteiger partial charge in [-0.25, -0.2) is 0 Å². The molecular weight excluding hydrogens is 196 g/mol. The lowest BCUT2D eigenvalue weighted by atomic mass is 10.3. The van der Waals surface area contributed by atoms with Crippen molar-refractivity contribution >= 4 is 0 Å². The standard InChI is InChI=1S/C9H18N4O2/c1-8(7-15)10-5-9-6-13(12-11-9)3-2-4-14/h6,8,10,14-15H,2-5,7H2,1H3/t8-/m1/s1. The summed E-state index contributed by atoms with van der Waals surface area (Å²) in [6.07, 6.45) is 2.52. The molecule has 0 aliphatic rings. The van der Waals surface area contributed by atoms with E-state index in [1.54, 1.807) is 4.68 Å². The third kappa shape index (κ3) is 4.37. The van der Waals surface area contributed by atoms with Gasteiger partial charge < -0.3 is 15.5 Å². The van der Waals surface area contributed by atoms with Gasteiger partial charge in [0.15, 0.2) is 0 Å². The maximum atomic E-state index is 8.80. The van der Waals surface area contributed by atoms with E-state index in [1.165, 1.54) is 0 Å². The zero-order valence-corrected chi connectivity index (χ0v) is 8.93. The van der Waals surface area contributed by atoms with E-state index in [0.717, 1.165) is 5.69 Å². The Morgan fingerprint density at radius 1 is 1.53 bits per heavy atom. The first kappa shape index (κ1) is 12.1. The van der Waals surface area contributed by atoms with Crippen LogP contribution >= 0.6 is 0 Å². The molecule has 15 heavy (non-hydrogen) atoms. The highest BCUT2D eigenvalue weighted by Gasteiger charge is 2.02. The largest absolute Gasteiger partial charge is 0.396 e. The van der Waals surface area contributed by atoms with Gasteiger partial charge in [-0.05, 0) is 13.3 Å². The molecule has 3 N–H and O–H groups in total. The van der Waals surface area contributed by atoms with E-state index >= 15 is 0 Å². The van der Waals surface area contributed by atoms with Crippen molar-refractivity contribution in [3.05, 3.63) is 11.9 Å². The molecule has 6 nitrogen and oxygen atoms in total. The van der Waals surface area contributed by atoms with Crippen molar-refractivity contribution in [2.24, 2.45) is 0 Å². The summed E-state index contributed by atoms with van der Waals surface area (Å²) >= 11 is 0. The Hall–Kier alpha value is -0.980. The van der Waals surface area contributed by atoms with Crippen molar-refractivity contribution in [2.45, 2.75) is 32.5 Å². The summed E-state index contributed by atoms with van der Waals surface area (Å²) in [5.74, 6) is 0. The van der Waals surface area contributed by atoms with Crippen molar-refractivity contribution in [1.29, 1.82) is 0 Å². The highest BCUT2D eigenvalue weighted by Crippen LogP contribution is 1.95. The van der Waals surface area contributed by atoms with Crippen LogP contribution < -0.4 is 5.32 Å². The molecule has 6 heteroatoms. The molecule has 1 aromatic heterocycles. The molecule has 1 aromatic rings. The van der Waals surface area contributed by atoms with Gasteiger partial charge in [-0.1, -0.05) is 5.21 Å². The van der Waals surface area contributed by atoms with Gasteiger partial charge in [0.25, 0.3) is 0 Å². The van der Waals surface area contributed by atoms with Crippen molar-refractivity contribution in [1.82, 2.24) is 20.3 Å². The van der Waals surface area contributed by atoms with Gasteiger partial charge in [0, 0.05) is 31.9 Å². The molecule has 0 aliphatic heterocycles. The second-order valence-electron chi connectivity index (χ2n) is 3.51. The van der Waals surface area contributed by atoms with Crippen molar-refractivity contribution < 1.29 is 10.2 Å². The van der Waals surface area contributed by atoms with Gasteiger partial charge in [0.05, 0.1) is 12.3 Å². The second kappa shape index (κ2) is 6.49. The van der Waals surface area contributed by atoms with Gasteiger partial charge in [0.1, 0.15) is 0 Å². The Labute approximate surface area is 88.9 Å². The quantitative estimate of drug-likeness (QED) is 0.549. The number of aliphatic hydroxyl groups excluding tert-OH is 2. The SMILES string of the molecule is C[C@H](CO)NCc1cn(CCCO)nn1. The molecule has 0 saturated carbocycles. The van der Waals surface area contributed by atoms with Gasteiger partial charge in [-0.15, -0.1) is 5.10 Å². The number of aromatic nitrogens is 3. The lowest BCUT2D eigenvalue weighted by molar-refractivity contribution is 0.250. The molecule has 1 heterocycles. The fourth-order valence-electron chi connectivity index (χ4n) is 1.10. The summed E-state index contributed by atoms with van der Waals surface area (Å²) in [6, 6.07) is 0.0626. The van der Waals surface area contributed by atoms with Crippen molar-refractivity contribution in [3.8, 4) is 0 Å². The van der Waals surface area contributed by atoms with Crippen LogP contribution in [0.2, 0.25) is 0 Å². The van der Waals surface area contributed by atoms with E-state index in [2.05, 4.69) is 15.6 Å². The maximum absolute atomic E-state index is 8.80. The molecule has 0 spiro atoms. The van der Waals surface area contributed by atoms with Gasteiger partial charge in [0.2, 0.25) is 0 Å². The molecule has 0 saturated heterocycles. The van der Waals surface area contributed by atoms with Crippen LogP contribution in [0.5, 0.6) is 0 Å². The van der Waals surface area contributed by atoms with Gasteiger partial charge in [-0.2, -0.15) is 0 Å². The smallest absolute Gasteiger partial charge is 0.0964 e. The predicted octanol–water partition coefficient (Wildman–Crippen LogP) is -0.869. The third-order valence-electron chi connectivity index (χ3n) is 2.04. The van der Waals surface area contributed by atoms with Crippen molar-refractivity contribution in [2.75, 3.05) is 13.2 Å². The van der Waals surface area contributed by atoms with Crippen LogP contribution in [0.3, 0.4) is 0 Å². The Balaban J connectivity index is 2.32. The van der Waals surface area contributed by atoms with Gasteiger partial charge in [-0.3, -0.25) is 4.68 Å². The molecule has 1 atom stereocenters. The van der Waals surface area contributed by atoms with Crippen molar-refractivity contribution in [3.63, 3.8) is 0 Å². The Morgan fingerprint density at radius 2 is 2.33 bits per heavy atom. The summed E-state index contributed by atoms with van der Waals surface area (Å²) < 4.78 is 1.71. The number of nitrogens with one attached hydrogen (secondary N) is 1. The van der Waals surface area contributed by atoms with E-state index in [9.17, 15) is 0 Å². The zero-order chi connectivity index (χ0) is 11.1. The summed E-state index contributed by atoms with van der Waals surface area (Å²) in [6.45, 7) is 3.45. The number of nitrogens with zero attached hydrogens (tertiary/aromatic N) is 3. The lowest BCUT2D eigenvalue weighted by Gasteiger charge is -2.07. The molecule has 0 fully saturated rings. The highest BCUT2D eigenvalue weighted by molar-refractivity contribution is 4.91. The topological polar surface area (TPSA) is 83.2 Å². The fourth-order valence-corrected chi connectivity index (χ4v) is 1.10. The van der Waals surface area contributed by atoms with Crippen LogP contribution in [0.15, 0.2) is 6.20 Å². The average Bonchev–Trinajstić information content (AvgIpc) is 2.71. The third-order valence-corrected chi connectivity index (χ3v) is 2.04. The Morgan fingerprint density at radius 3 is 3.00 bits per heavy atom. The number of aliphatic hydroxyl groups is 2. The molecule has 0 amide bonds. The first-order valence-electron chi connectivity index (χ1n) is 5.10. The molecule has 1 rings (SSSR count). The van der Waals surface area contributed by atoms with E-state index in [-0.39, 0.29) is 19.3 Å². The molecule has 0 bridgehead atoms. The van der Waals surface area contributed by atoms with Crippen LogP contribution in [-0.2, 0) is 13.1 Å². The number of hydrogen-bond donors (Lipinski definition) is 3. The minimum absolute atomic E-state index is 0.0626. The molecule has 0 aliphatic carbocycles. The first-order valence-corrected chi connectivity index (χ1v) is 5.10. The van der Waals surface area contributed by atoms with Crippen LogP contribution in [-0.4, -0.2) is 44.5 Å². The Kier molecular flexibility index (Phi) is 5.23. The van der Waals surface area contributed by atoms with Crippen LogP contribution in [0.1, 0.15) is 19.0 Å². The summed E-state index contributed by atoms with van der Waals surface area (Å²) in [5, 5.41) is 28.4. The molecule has 86 valence electrons. The predicted molar refractivity (Wildman–Crippen MR) is 55.1 cm³/mol. The van der Waals surface area contributed by atoms with Crippen LogP contribution in [0.25, 0.3) is 0 Å². The molecule has 0 unspecified atom stereocenters. The summed E-state index contributed by atoms with van der Waals surface area (Å²) in [4.78, 5) is 0. The highest BCUT2D eigenvalue weighted by atomic mass is 16.3. The number of rotatable bonds is 7. The molecule has 0 aromatic carbocycles.